The maximum Gasteiger partial charge on any atom is 0.264 e. The summed E-state index contributed by atoms with van der Waals surface area (Å²) in [5.41, 5.74) is 1.74. The van der Waals surface area contributed by atoms with Crippen molar-refractivity contribution in [2.75, 3.05) is 24.0 Å². The van der Waals surface area contributed by atoms with E-state index in [1.165, 1.54) is 41.3 Å². The average molecular weight is 556 g/mol. The first-order valence-corrected chi connectivity index (χ1v) is 14.1. The minimum atomic E-state index is -4.16. The van der Waals surface area contributed by atoms with Crippen molar-refractivity contribution < 1.29 is 27.1 Å². The van der Waals surface area contributed by atoms with Gasteiger partial charge in [0, 0.05) is 13.1 Å². The summed E-state index contributed by atoms with van der Waals surface area (Å²) >= 11 is 0. The van der Waals surface area contributed by atoms with Gasteiger partial charge in [0.1, 0.15) is 24.2 Å². The number of carbonyl (C=O) groups excluding carboxylic acids is 2. The molecule has 3 aromatic carbocycles. The van der Waals surface area contributed by atoms with Crippen LogP contribution in [0, 0.1) is 12.7 Å². The van der Waals surface area contributed by atoms with Crippen LogP contribution in [0.3, 0.4) is 0 Å². The zero-order chi connectivity index (χ0) is 28.6. The van der Waals surface area contributed by atoms with E-state index in [0.717, 1.165) is 9.87 Å². The Balaban J connectivity index is 2.02. The summed E-state index contributed by atoms with van der Waals surface area (Å²) in [4.78, 5) is 27.8. The van der Waals surface area contributed by atoms with E-state index in [4.69, 9.17) is 4.74 Å². The Kier molecular flexibility index (Phi) is 10.1. The van der Waals surface area contributed by atoms with Crippen molar-refractivity contribution in [3.8, 4) is 5.75 Å². The molecule has 0 aliphatic carbocycles. The van der Waals surface area contributed by atoms with Crippen LogP contribution >= 0.6 is 0 Å². The molecule has 0 aromatic heterocycles. The third-order valence-corrected chi connectivity index (χ3v) is 7.90. The van der Waals surface area contributed by atoms with Crippen LogP contribution in [0.2, 0.25) is 0 Å². The molecular weight excluding hydrogens is 521 g/mol. The number of carbonyl (C=O) groups is 2. The van der Waals surface area contributed by atoms with Crippen molar-refractivity contribution in [2.45, 2.75) is 45.2 Å². The average Bonchev–Trinajstić information content (AvgIpc) is 2.92. The topological polar surface area (TPSA) is 96.0 Å². The van der Waals surface area contributed by atoms with Gasteiger partial charge < -0.3 is 15.0 Å². The molecule has 1 atom stereocenters. The highest BCUT2D eigenvalue weighted by Crippen LogP contribution is 2.27. The van der Waals surface area contributed by atoms with E-state index in [9.17, 15) is 22.4 Å². The van der Waals surface area contributed by atoms with Gasteiger partial charge in [-0.3, -0.25) is 13.9 Å². The molecule has 0 bridgehead atoms. The highest BCUT2D eigenvalue weighted by atomic mass is 32.2. The molecule has 208 valence electrons. The zero-order valence-electron chi connectivity index (χ0n) is 22.6. The number of hydrogen-bond donors (Lipinski definition) is 1. The van der Waals surface area contributed by atoms with Gasteiger partial charge in [0.25, 0.3) is 10.0 Å². The molecule has 0 saturated carbocycles. The van der Waals surface area contributed by atoms with Gasteiger partial charge >= 0.3 is 0 Å². The number of ether oxygens (including phenoxy) is 1. The summed E-state index contributed by atoms with van der Waals surface area (Å²) in [5.74, 6) is -0.855. The summed E-state index contributed by atoms with van der Waals surface area (Å²) < 4.78 is 47.6. The Morgan fingerprint density at radius 2 is 1.56 bits per heavy atom. The lowest BCUT2D eigenvalue weighted by molar-refractivity contribution is -0.139. The van der Waals surface area contributed by atoms with Crippen LogP contribution in [0.15, 0.2) is 77.7 Å². The highest BCUT2D eigenvalue weighted by Gasteiger charge is 2.32. The summed E-state index contributed by atoms with van der Waals surface area (Å²) in [6, 6.07) is 17.4. The van der Waals surface area contributed by atoms with Gasteiger partial charge in [-0.1, -0.05) is 29.8 Å². The predicted octanol–water partition coefficient (Wildman–Crippen LogP) is 4.28. The van der Waals surface area contributed by atoms with E-state index in [0.29, 0.717) is 24.5 Å². The van der Waals surface area contributed by atoms with E-state index < -0.39 is 34.3 Å². The standard InChI is InChI=1S/C29H34FN3O5S/c1-5-31-29(35)22(4)32(19-23-9-11-24(30)12-10-23)28(34)20-33(25-13-15-26(16-14-25)38-6-2)39(36,37)27-17-7-21(3)8-18-27/h7-18,22H,5-6,19-20H2,1-4H3,(H,31,35)/t22-/m0/s1. The molecule has 0 heterocycles. The molecule has 0 fully saturated rings. The van der Waals surface area contributed by atoms with E-state index >= 15 is 0 Å². The van der Waals surface area contributed by atoms with Crippen LogP contribution in [-0.4, -0.2) is 50.9 Å². The number of nitrogens with one attached hydrogen (secondary N) is 1. The monoisotopic (exact) mass is 555 g/mol. The van der Waals surface area contributed by atoms with Crippen molar-refractivity contribution in [3.63, 3.8) is 0 Å². The van der Waals surface area contributed by atoms with Crippen molar-refractivity contribution in [1.29, 1.82) is 0 Å². The molecule has 0 aliphatic heterocycles. The number of amides is 2. The fourth-order valence-electron chi connectivity index (χ4n) is 3.93. The molecule has 0 radical (unpaired) electrons. The molecule has 2 amide bonds. The van der Waals surface area contributed by atoms with Crippen LogP contribution in [0.1, 0.15) is 31.9 Å². The number of anilines is 1. The Labute approximate surface area is 229 Å². The lowest BCUT2D eigenvalue weighted by atomic mass is 10.1. The molecule has 8 nitrogen and oxygen atoms in total. The lowest BCUT2D eigenvalue weighted by Gasteiger charge is -2.32. The van der Waals surface area contributed by atoms with Crippen molar-refractivity contribution >= 4 is 27.5 Å². The smallest absolute Gasteiger partial charge is 0.264 e. The fraction of sp³-hybridized carbons (Fsp3) is 0.310. The van der Waals surface area contributed by atoms with Gasteiger partial charge in [-0.25, -0.2) is 12.8 Å². The van der Waals surface area contributed by atoms with E-state index in [-0.39, 0.29) is 23.0 Å². The van der Waals surface area contributed by atoms with Gasteiger partial charge in [0.15, 0.2) is 0 Å². The number of benzene rings is 3. The van der Waals surface area contributed by atoms with Crippen molar-refractivity contribution in [1.82, 2.24) is 10.2 Å². The van der Waals surface area contributed by atoms with Gasteiger partial charge in [-0.2, -0.15) is 0 Å². The second kappa shape index (κ2) is 13.2. The van der Waals surface area contributed by atoms with Crippen molar-refractivity contribution in [2.24, 2.45) is 0 Å². The normalized spacial score (nSPS) is 11.9. The Bertz CT molecular complexity index is 1360. The van der Waals surface area contributed by atoms with Gasteiger partial charge in [0.05, 0.1) is 17.2 Å². The van der Waals surface area contributed by atoms with Crippen LogP contribution < -0.4 is 14.4 Å². The van der Waals surface area contributed by atoms with Crippen LogP contribution in [-0.2, 0) is 26.2 Å². The van der Waals surface area contributed by atoms with Gasteiger partial charge in [-0.15, -0.1) is 0 Å². The van der Waals surface area contributed by atoms with Gasteiger partial charge in [-0.05, 0) is 81.8 Å². The number of likely N-dealkylation sites (N-methyl/N-ethyl adjacent to an activating group) is 1. The maximum absolute atomic E-state index is 13.8. The number of rotatable bonds is 12. The molecular formula is C29H34FN3O5S. The maximum atomic E-state index is 13.8. The predicted molar refractivity (Wildman–Crippen MR) is 148 cm³/mol. The number of sulfonamides is 1. The second-order valence-electron chi connectivity index (χ2n) is 8.97. The number of aryl methyl sites for hydroxylation is 1. The summed E-state index contributed by atoms with van der Waals surface area (Å²) in [7, 11) is -4.16. The minimum Gasteiger partial charge on any atom is -0.494 e. The molecule has 0 spiro atoms. The highest BCUT2D eigenvalue weighted by molar-refractivity contribution is 7.92. The molecule has 10 heteroatoms. The lowest BCUT2D eigenvalue weighted by Crippen LogP contribution is -2.51. The minimum absolute atomic E-state index is 0.0148. The third-order valence-electron chi connectivity index (χ3n) is 6.11. The first-order valence-electron chi connectivity index (χ1n) is 12.7. The number of hydrogen-bond acceptors (Lipinski definition) is 5. The van der Waals surface area contributed by atoms with Gasteiger partial charge in [0.2, 0.25) is 11.8 Å². The summed E-state index contributed by atoms with van der Waals surface area (Å²) in [6.45, 7) is 7.25. The molecule has 3 rings (SSSR count). The molecule has 39 heavy (non-hydrogen) atoms. The first kappa shape index (κ1) is 29.6. The number of nitrogens with zero attached hydrogens (tertiary/aromatic N) is 2. The quantitative estimate of drug-likeness (QED) is 0.360. The van der Waals surface area contributed by atoms with Crippen LogP contribution in [0.25, 0.3) is 0 Å². The fourth-order valence-corrected chi connectivity index (χ4v) is 5.35. The van der Waals surface area contributed by atoms with Crippen LogP contribution in [0.4, 0.5) is 10.1 Å². The summed E-state index contributed by atoms with van der Waals surface area (Å²) in [5, 5.41) is 2.70. The first-order chi connectivity index (χ1) is 18.6. The van der Waals surface area contributed by atoms with E-state index in [1.807, 2.05) is 13.8 Å². The second-order valence-corrected chi connectivity index (χ2v) is 10.8. The summed E-state index contributed by atoms with van der Waals surface area (Å²) in [6.07, 6.45) is 0. The molecule has 1 N–H and O–H groups in total. The Morgan fingerprint density at radius 1 is 0.949 bits per heavy atom. The number of halogens is 1. The molecule has 0 unspecified atom stereocenters. The molecule has 3 aromatic rings. The molecule has 0 aliphatic rings. The van der Waals surface area contributed by atoms with E-state index in [1.54, 1.807) is 50.2 Å². The Morgan fingerprint density at radius 3 is 2.13 bits per heavy atom. The van der Waals surface area contributed by atoms with E-state index in [2.05, 4.69) is 5.32 Å². The zero-order valence-corrected chi connectivity index (χ0v) is 23.4. The SMILES string of the molecule is CCNC(=O)[C@H](C)N(Cc1ccc(F)cc1)C(=O)CN(c1ccc(OCC)cc1)S(=O)(=O)c1ccc(C)cc1. The van der Waals surface area contributed by atoms with Crippen LogP contribution in [0.5, 0.6) is 5.75 Å². The Hall–Kier alpha value is -3.92. The molecule has 0 saturated heterocycles. The van der Waals surface area contributed by atoms with Crippen molar-refractivity contribution in [3.05, 3.63) is 89.7 Å². The third kappa shape index (κ3) is 7.57. The largest absolute Gasteiger partial charge is 0.494 e.